The lowest BCUT2D eigenvalue weighted by Crippen LogP contribution is -2.18. The van der Waals surface area contributed by atoms with Gasteiger partial charge < -0.3 is 10.7 Å². The van der Waals surface area contributed by atoms with E-state index in [0.717, 1.165) is 16.3 Å². The van der Waals surface area contributed by atoms with E-state index in [1.807, 2.05) is 42.5 Å². The van der Waals surface area contributed by atoms with Gasteiger partial charge in [0.25, 0.3) is 0 Å². The van der Waals surface area contributed by atoms with Crippen molar-refractivity contribution in [3.05, 3.63) is 53.2 Å². The molecular formula is C12H10NO2-. The van der Waals surface area contributed by atoms with Crippen molar-refractivity contribution < 1.29 is 4.79 Å². The van der Waals surface area contributed by atoms with Crippen molar-refractivity contribution in [1.29, 1.82) is 0 Å². The quantitative estimate of drug-likeness (QED) is 0.754. The molecule has 0 heterocycles. The number of hydroxylamine groups is 1. The number of amides is 1. The number of carbonyl (C=O) groups is 1. The Balaban J connectivity index is 2.46. The molecule has 1 amide bonds. The molecule has 0 fully saturated rings. The Hall–Kier alpha value is -1.87. The Morgan fingerprint density at radius 3 is 2.67 bits per heavy atom. The molecule has 0 unspecified atom stereocenters. The normalized spacial score (nSPS) is 10.2. The summed E-state index contributed by atoms with van der Waals surface area (Å²) in [7, 11) is 0. The Bertz CT molecular complexity index is 488. The first kappa shape index (κ1) is 9.68. The highest BCUT2D eigenvalue weighted by Gasteiger charge is 2.03. The van der Waals surface area contributed by atoms with Crippen LogP contribution >= 0.6 is 0 Å². The zero-order valence-corrected chi connectivity index (χ0v) is 8.07. The number of benzene rings is 2. The number of hydrogen-bond acceptors (Lipinski definition) is 2. The van der Waals surface area contributed by atoms with Gasteiger partial charge in [0.15, 0.2) is 0 Å². The number of rotatable bonds is 2. The van der Waals surface area contributed by atoms with Crippen LogP contribution in [-0.4, -0.2) is 5.91 Å². The molecule has 0 radical (unpaired) electrons. The lowest BCUT2D eigenvalue weighted by atomic mass is 10.0. The smallest absolute Gasteiger partial charge is 0.213 e. The van der Waals surface area contributed by atoms with Crippen LogP contribution < -0.4 is 5.48 Å². The third-order valence-corrected chi connectivity index (χ3v) is 2.34. The van der Waals surface area contributed by atoms with E-state index in [0.29, 0.717) is 0 Å². The van der Waals surface area contributed by atoms with Crippen LogP contribution in [0.2, 0.25) is 0 Å². The van der Waals surface area contributed by atoms with E-state index in [-0.39, 0.29) is 6.42 Å². The van der Waals surface area contributed by atoms with Gasteiger partial charge in [-0.2, -0.15) is 0 Å². The molecule has 0 aromatic heterocycles. The predicted molar refractivity (Wildman–Crippen MR) is 59.2 cm³/mol. The van der Waals surface area contributed by atoms with E-state index in [4.69, 9.17) is 0 Å². The summed E-state index contributed by atoms with van der Waals surface area (Å²) in [6.45, 7) is 0. The van der Waals surface area contributed by atoms with Crippen molar-refractivity contribution in [3.8, 4) is 0 Å². The molecule has 0 bridgehead atoms. The third-order valence-electron chi connectivity index (χ3n) is 2.34. The van der Waals surface area contributed by atoms with Crippen molar-refractivity contribution >= 4 is 16.7 Å². The molecule has 0 atom stereocenters. The second kappa shape index (κ2) is 4.11. The van der Waals surface area contributed by atoms with E-state index in [1.165, 1.54) is 5.48 Å². The van der Waals surface area contributed by atoms with Crippen LogP contribution in [0.25, 0.3) is 10.8 Å². The molecular weight excluding hydrogens is 190 g/mol. The summed E-state index contributed by atoms with van der Waals surface area (Å²) >= 11 is 0. The second-order valence-electron chi connectivity index (χ2n) is 3.34. The Morgan fingerprint density at radius 1 is 1.13 bits per heavy atom. The van der Waals surface area contributed by atoms with Crippen LogP contribution in [0.5, 0.6) is 0 Å². The van der Waals surface area contributed by atoms with Crippen molar-refractivity contribution in [2.45, 2.75) is 6.42 Å². The molecule has 15 heavy (non-hydrogen) atoms. The van der Waals surface area contributed by atoms with E-state index >= 15 is 0 Å². The monoisotopic (exact) mass is 200 g/mol. The molecule has 2 aromatic carbocycles. The number of carbonyl (C=O) groups excluding carboxylic acids is 1. The average molecular weight is 200 g/mol. The van der Waals surface area contributed by atoms with E-state index in [9.17, 15) is 10.0 Å². The van der Waals surface area contributed by atoms with Crippen LogP contribution in [0.4, 0.5) is 0 Å². The van der Waals surface area contributed by atoms with E-state index < -0.39 is 5.91 Å². The van der Waals surface area contributed by atoms with Gasteiger partial charge in [-0.15, -0.1) is 0 Å². The number of fused-ring (bicyclic) bond motifs is 1. The maximum absolute atomic E-state index is 11.0. The highest BCUT2D eigenvalue weighted by atomic mass is 16.5. The first-order valence-corrected chi connectivity index (χ1v) is 4.69. The molecule has 0 aliphatic heterocycles. The van der Waals surface area contributed by atoms with Crippen LogP contribution in [0.1, 0.15) is 5.56 Å². The van der Waals surface area contributed by atoms with E-state index in [2.05, 4.69) is 0 Å². The molecule has 0 aliphatic carbocycles. The molecule has 2 aromatic rings. The summed E-state index contributed by atoms with van der Waals surface area (Å²) in [6, 6.07) is 13.5. The first-order valence-electron chi connectivity index (χ1n) is 4.69. The van der Waals surface area contributed by atoms with Crippen LogP contribution in [-0.2, 0) is 11.2 Å². The lowest BCUT2D eigenvalue weighted by molar-refractivity contribution is -0.119. The van der Waals surface area contributed by atoms with Gasteiger partial charge in [0.2, 0.25) is 5.91 Å². The Labute approximate surface area is 87.3 Å². The minimum Gasteiger partial charge on any atom is -0.759 e. The fraction of sp³-hybridized carbons (Fsp3) is 0.0833. The fourth-order valence-corrected chi connectivity index (χ4v) is 1.66. The molecule has 0 spiro atoms. The van der Waals surface area contributed by atoms with Gasteiger partial charge in [0, 0.05) is 0 Å². The molecule has 1 N–H and O–H groups in total. The van der Waals surface area contributed by atoms with Gasteiger partial charge in [-0.3, -0.25) is 4.79 Å². The van der Waals surface area contributed by atoms with Gasteiger partial charge in [-0.25, -0.2) is 0 Å². The maximum Gasteiger partial charge on any atom is 0.213 e. The van der Waals surface area contributed by atoms with Crippen molar-refractivity contribution in [1.82, 2.24) is 5.48 Å². The van der Waals surface area contributed by atoms with Gasteiger partial charge in [0.05, 0.1) is 6.42 Å². The molecule has 0 aliphatic rings. The average Bonchev–Trinajstić information content (AvgIpc) is 2.29. The summed E-state index contributed by atoms with van der Waals surface area (Å²) in [5.74, 6) is -0.508. The standard InChI is InChI=1S/C12H10NO2/c14-12(13-15)8-10-6-3-5-9-4-1-2-7-11(9)10/h1-7H,8H2,(H-,13,14,15)/q-1. The summed E-state index contributed by atoms with van der Waals surface area (Å²) in [4.78, 5) is 11.0. The molecule has 76 valence electrons. The van der Waals surface area contributed by atoms with Crippen LogP contribution in [0.3, 0.4) is 0 Å². The fourth-order valence-electron chi connectivity index (χ4n) is 1.66. The molecule has 3 heteroatoms. The minimum absolute atomic E-state index is 0.130. The van der Waals surface area contributed by atoms with E-state index in [1.54, 1.807) is 0 Å². The lowest BCUT2D eigenvalue weighted by Gasteiger charge is -2.09. The summed E-state index contributed by atoms with van der Waals surface area (Å²) < 4.78 is 0. The highest BCUT2D eigenvalue weighted by molar-refractivity contribution is 5.90. The zero-order valence-electron chi connectivity index (χ0n) is 8.07. The van der Waals surface area contributed by atoms with Crippen molar-refractivity contribution in [2.75, 3.05) is 0 Å². The maximum atomic E-state index is 11.0. The number of hydrogen-bond donors (Lipinski definition) is 1. The first-order chi connectivity index (χ1) is 7.31. The van der Waals surface area contributed by atoms with Gasteiger partial charge in [-0.05, 0) is 16.3 Å². The SMILES string of the molecule is O=C(Cc1cccc2ccccc12)N[O-]. The second-order valence-corrected chi connectivity index (χ2v) is 3.34. The predicted octanol–water partition coefficient (Wildman–Crippen LogP) is 2.00. The van der Waals surface area contributed by atoms with Crippen LogP contribution in [0.15, 0.2) is 42.5 Å². The molecule has 0 saturated heterocycles. The minimum atomic E-state index is -0.508. The topological polar surface area (TPSA) is 52.2 Å². The summed E-state index contributed by atoms with van der Waals surface area (Å²) in [5.41, 5.74) is 2.27. The Morgan fingerprint density at radius 2 is 1.87 bits per heavy atom. The van der Waals surface area contributed by atoms with Crippen molar-refractivity contribution in [2.24, 2.45) is 0 Å². The molecule has 2 rings (SSSR count). The number of nitrogens with one attached hydrogen (secondary N) is 1. The Kier molecular flexibility index (Phi) is 2.65. The highest BCUT2D eigenvalue weighted by Crippen LogP contribution is 2.18. The van der Waals surface area contributed by atoms with Crippen molar-refractivity contribution in [3.63, 3.8) is 0 Å². The van der Waals surface area contributed by atoms with Gasteiger partial charge >= 0.3 is 0 Å². The van der Waals surface area contributed by atoms with Gasteiger partial charge in [-0.1, -0.05) is 42.5 Å². The summed E-state index contributed by atoms with van der Waals surface area (Å²) in [6.07, 6.45) is 0.130. The molecule has 3 nitrogen and oxygen atoms in total. The molecule has 0 saturated carbocycles. The zero-order chi connectivity index (χ0) is 10.7. The largest absolute Gasteiger partial charge is 0.759 e. The summed E-state index contributed by atoms with van der Waals surface area (Å²) in [5, 5.41) is 12.3. The van der Waals surface area contributed by atoms with Gasteiger partial charge in [0.1, 0.15) is 0 Å². The van der Waals surface area contributed by atoms with Crippen LogP contribution in [0, 0.1) is 5.21 Å². The third kappa shape index (κ3) is 1.97.